The van der Waals surface area contributed by atoms with Gasteiger partial charge in [0.15, 0.2) is 5.41 Å². The van der Waals surface area contributed by atoms with E-state index in [0.717, 1.165) is 23.5 Å². The van der Waals surface area contributed by atoms with E-state index in [9.17, 15) is 9.59 Å². The summed E-state index contributed by atoms with van der Waals surface area (Å²) in [7, 11) is 2.65. The van der Waals surface area contributed by atoms with Crippen molar-refractivity contribution in [2.45, 2.75) is 51.4 Å². The molecule has 2 aliphatic carbocycles. The van der Waals surface area contributed by atoms with Gasteiger partial charge in [-0.1, -0.05) is 50.3 Å². The van der Waals surface area contributed by atoms with Crippen molar-refractivity contribution in [3.8, 4) is 0 Å². The van der Waals surface area contributed by atoms with Crippen LogP contribution in [-0.4, -0.2) is 26.2 Å². The Kier molecular flexibility index (Phi) is 4.93. The highest BCUT2D eigenvalue weighted by molar-refractivity contribution is 6.01. The zero-order valence-corrected chi connectivity index (χ0v) is 14.6. The van der Waals surface area contributed by atoms with Gasteiger partial charge in [-0.2, -0.15) is 0 Å². The van der Waals surface area contributed by atoms with E-state index in [0.29, 0.717) is 12.8 Å². The maximum Gasteiger partial charge on any atom is 0.323 e. The van der Waals surface area contributed by atoms with Crippen LogP contribution in [0, 0.1) is 11.3 Å². The molecular formula is C20H26O4. The van der Waals surface area contributed by atoms with Gasteiger partial charge in [0.2, 0.25) is 0 Å². The van der Waals surface area contributed by atoms with Gasteiger partial charge in [-0.05, 0) is 41.9 Å². The van der Waals surface area contributed by atoms with Crippen LogP contribution in [0.25, 0.3) is 0 Å². The molecule has 0 aromatic heterocycles. The van der Waals surface area contributed by atoms with E-state index < -0.39 is 17.4 Å². The van der Waals surface area contributed by atoms with Crippen LogP contribution in [0.15, 0.2) is 18.2 Å². The number of hydrogen-bond donors (Lipinski definition) is 0. The smallest absolute Gasteiger partial charge is 0.323 e. The van der Waals surface area contributed by atoms with Gasteiger partial charge >= 0.3 is 11.9 Å². The predicted molar refractivity (Wildman–Crippen MR) is 90.6 cm³/mol. The molecule has 0 aliphatic heterocycles. The summed E-state index contributed by atoms with van der Waals surface area (Å²) in [4.78, 5) is 24.6. The second-order valence-electron chi connectivity index (χ2n) is 7.23. The highest BCUT2D eigenvalue weighted by atomic mass is 16.5. The summed E-state index contributed by atoms with van der Waals surface area (Å²) >= 11 is 0. The number of carbonyl (C=O) groups excluding carboxylic acids is 2. The van der Waals surface area contributed by atoms with Gasteiger partial charge in [0.05, 0.1) is 14.2 Å². The van der Waals surface area contributed by atoms with E-state index in [1.54, 1.807) is 0 Å². The molecule has 1 aromatic carbocycles. The van der Waals surface area contributed by atoms with Crippen molar-refractivity contribution in [3.63, 3.8) is 0 Å². The third-order valence-electron chi connectivity index (χ3n) is 5.66. The first-order chi connectivity index (χ1) is 11.6. The molecule has 1 aromatic rings. The van der Waals surface area contributed by atoms with Gasteiger partial charge in [-0.3, -0.25) is 9.59 Å². The fourth-order valence-electron chi connectivity index (χ4n) is 4.34. The number of carbonyl (C=O) groups is 2. The van der Waals surface area contributed by atoms with Crippen molar-refractivity contribution >= 4 is 11.9 Å². The van der Waals surface area contributed by atoms with Crippen molar-refractivity contribution in [1.82, 2.24) is 0 Å². The molecule has 0 heterocycles. The first-order valence-electron chi connectivity index (χ1n) is 8.86. The Morgan fingerprint density at radius 2 is 1.62 bits per heavy atom. The monoisotopic (exact) mass is 330 g/mol. The number of ether oxygens (including phenoxy) is 2. The normalized spacial score (nSPS) is 19.6. The first kappa shape index (κ1) is 17.0. The molecule has 24 heavy (non-hydrogen) atoms. The van der Waals surface area contributed by atoms with Crippen LogP contribution in [0.2, 0.25) is 0 Å². The van der Waals surface area contributed by atoms with Crippen LogP contribution in [0.1, 0.15) is 48.8 Å². The summed E-state index contributed by atoms with van der Waals surface area (Å²) in [6, 6.07) is 6.40. The Bertz CT molecular complexity index is 613. The van der Waals surface area contributed by atoms with Gasteiger partial charge in [-0.25, -0.2) is 0 Å². The van der Waals surface area contributed by atoms with Gasteiger partial charge in [0.25, 0.3) is 0 Å². The van der Waals surface area contributed by atoms with Crippen LogP contribution >= 0.6 is 0 Å². The van der Waals surface area contributed by atoms with Crippen LogP contribution in [-0.2, 0) is 38.3 Å². The third-order valence-corrected chi connectivity index (χ3v) is 5.66. The Labute approximate surface area is 143 Å². The Balaban J connectivity index is 1.80. The maximum atomic E-state index is 12.3. The Morgan fingerprint density at radius 3 is 2.25 bits per heavy atom. The van der Waals surface area contributed by atoms with Crippen LogP contribution in [0.4, 0.5) is 0 Å². The molecule has 0 unspecified atom stereocenters. The fraction of sp³-hybridized carbons (Fsp3) is 0.600. The van der Waals surface area contributed by atoms with E-state index in [1.807, 2.05) is 0 Å². The summed E-state index contributed by atoms with van der Waals surface area (Å²) < 4.78 is 9.81. The van der Waals surface area contributed by atoms with Gasteiger partial charge in [0.1, 0.15) is 0 Å². The lowest BCUT2D eigenvalue weighted by molar-refractivity contribution is -0.168. The van der Waals surface area contributed by atoms with Crippen LogP contribution < -0.4 is 0 Å². The molecule has 0 radical (unpaired) electrons. The van der Waals surface area contributed by atoms with Gasteiger partial charge in [0, 0.05) is 0 Å². The molecule has 1 saturated carbocycles. The minimum Gasteiger partial charge on any atom is -0.468 e. The highest BCUT2D eigenvalue weighted by Crippen LogP contribution is 2.40. The number of methoxy groups -OCH3 is 2. The topological polar surface area (TPSA) is 52.6 Å². The van der Waals surface area contributed by atoms with Crippen molar-refractivity contribution < 1.29 is 19.1 Å². The van der Waals surface area contributed by atoms with E-state index in [2.05, 4.69) is 18.2 Å². The lowest BCUT2D eigenvalue weighted by Crippen LogP contribution is -2.42. The zero-order chi connectivity index (χ0) is 17.2. The van der Waals surface area contributed by atoms with Crippen molar-refractivity contribution in [1.29, 1.82) is 0 Å². The first-order valence-corrected chi connectivity index (χ1v) is 8.86. The zero-order valence-electron chi connectivity index (χ0n) is 14.6. The lowest BCUT2D eigenvalue weighted by Gasteiger charge is -2.22. The number of benzene rings is 1. The summed E-state index contributed by atoms with van der Waals surface area (Å²) in [5, 5.41) is 0. The molecule has 3 rings (SSSR count). The molecule has 0 spiro atoms. The quantitative estimate of drug-likeness (QED) is 0.628. The SMILES string of the molecule is COC(=O)C1(C(=O)OC)Cc2ccc(CC3CCCCC3)cc2C1. The second-order valence-corrected chi connectivity index (χ2v) is 7.23. The number of rotatable bonds is 4. The van der Waals surface area contributed by atoms with Crippen LogP contribution in [0.5, 0.6) is 0 Å². The Morgan fingerprint density at radius 1 is 1.00 bits per heavy atom. The van der Waals surface area contributed by atoms with E-state index in [1.165, 1.54) is 51.9 Å². The number of hydrogen-bond acceptors (Lipinski definition) is 4. The molecular weight excluding hydrogens is 304 g/mol. The van der Waals surface area contributed by atoms with E-state index in [-0.39, 0.29) is 0 Å². The minimum absolute atomic E-state index is 0.366. The maximum absolute atomic E-state index is 12.3. The molecule has 130 valence electrons. The van der Waals surface area contributed by atoms with E-state index >= 15 is 0 Å². The Hall–Kier alpha value is -1.84. The van der Waals surface area contributed by atoms with Gasteiger partial charge < -0.3 is 9.47 Å². The molecule has 4 heteroatoms. The van der Waals surface area contributed by atoms with Crippen molar-refractivity contribution in [3.05, 3.63) is 34.9 Å². The van der Waals surface area contributed by atoms with Crippen molar-refractivity contribution in [2.24, 2.45) is 11.3 Å². The van der Waals surface area contributed by atoms with Gasteiger partial charge in [-0.15, -0.1) is 0 Å². The minimum atomic E-state index is -1.21. The molecule has 0 amide bonds. The molecule has 0 saturated heterocycles. The average molecular weight is 330 g/mol. The molecule has 2 aliphatic rings. The summed E-state index contributed by atoms with van der Waals surface area (Å²) in [5.41, 5.74) is 2.23. The molecule has 4 nitrogen and oxygen atoms in total. The predicted octanol–water partition coefficient (Wildman–Crippen LogP) is 3.24. The average Bonchev–Trinajstić information content (AvgIpc) is 3.01. The van der Waals surface area contributed by atoms with Crippen molar-refractivity contribution in [2.75, 3.05) is 14.2 Å². The lowest BCUT2D eigenvalue weighted by atomic mass is 9.84. The number of fused-ring (bicyclic) bond motifs is 1. The standard InChI is InChI=1S/C20H26O4/c1-23-18(21)20(19(22)24-2)12-16-9-8-15(11-17(16)13-20)10-14-6-4-3-5-7-14/h8-9,11,14H,3-7,10,12-13H2,1-2H3. The third kappa shape index (κ3) is 3.06. The molecule has 0 N–H and O–H groups in total. The molecule has 0 atom stereocenters. The summed E-state index contributed by atoms with van der Waals surface area (Å²) in [5.74, 6) is -0.233. The highest BCUT2D eigenvalue weighted by Gasteiger charge is 2.52. The number of esters is 2. The van der Waals surface area contributed by atoms with E-state index in [4.69, 9.17) is 9.47 Å². The molecule has 0 bridgehead atoms. The molecule has 1 fully saturated rings. The summed E-state index contributed by atoms with van der Waals surface area (Å²) in [6.07, 6.45) is 8.49. The second kappa shape index (κ2) is 6.96. The fourth-order valence-corrected chi connectivity index (χ4v) is 4.34. The van der Waals surface area contributed by atoms with Crippen LogP contribution in [0.3, 0.4) is 0 Å². The largest absolute Gasteiger partial charge is 0.468 e. The summed E-state index contributed by atoms with van der Waals surface area (Å²) in [6.45, 7) is 0.